The lowest BCUT2D eigenvalue weighted by atomic mass is 10.0. The molecule has 0 aliphatic rings. The number of hydrogen-bond donors (Lipinski definition) is 4. The third-order valence-corrected chi connectivity index (χ3v) is 1.66. The van der Waals surface area contributed by atoms with E-state index in [-0.39, 0.29) is 32.2 Å². The highest BCUT2D eigenvalue weighted by molar-refractivity contribution is 5.85. The Morgan fingerprint density at radius 1 is 1.08 bits per heavy atom. The van der Waals surface area contributed by atoms with Crippen LogP contribution in [0.5, 0.6) is 0 Å². The first-order valence-electron chi connectivity index (χ1n) is 3.82. The molecular formula is C7H18ClNO3. The number of hydrogen-bond acceptors (Lipinski definition) is 4. The summed E-state index contributed by atoms with van der Waals surface area (Å²) in [7, 11) is 0. The standard InChI is InChI=1S/C7H17NO3.ClH/c1-2-3-8-7(4-9,5-10)6-11;/h8-11H,2-6H2,1H3;1H. The van der Waals surface area contributed by atoms with Crippen LogP contribution in [0.15, 0.2) is 0 Å². The summed E-state index contributed by atoms with van der Waals surface area (Å²) < 4.78 is 0. The Labute approximate surface area is 79.0 Å². The minimum Gasteiger partial charge on any atom is -0.394 e. The monoisotopic (exact) mass is 199 g/mol. The summed E-state index contributed by atoms with van der Waals surface area (Å²) in [6, 6.07) is 0. The summed E-state index contributed by atoms with van der Waals surface area (Å²) >= 11 is 0. The predicted molar refractivity (Wildman–Crippen MR) is 49.5 cm³/mol. The molecule has 0 heterocycles. The lowest BCUT2D eigenvalue weighted by Crippen LogP contribution is -2.54. The highest BCUT2D eigenvalue weighted by atomic mass is 35.5. The highest BCUT2D eigenvalue weighted by Gasteiger charge is 2.26. The van der Waals surface area contributed by atoms with Crippen molar-refractivity contribution in [3.05, 3.63) is 0 Å². The highest BCUT2D eigenvalue weighted by Crippen LogP contribution is 2.00. The van der Waals surface area contributed by atoms with Gasteiger partial charge < -0.3 is 20.6 Å². The largest absolute Gasteiger partial charge is 0.394 e. The molecule has 12 heavy (non-hydrogen) atoms. The molecule has 0 atom stereocenters. The third kappa shape index (κ3) is 4.23. The summed E-state index contributed by atoms with van der Waals surface area (Å²) in [6.45, 7) is 1.91. The molecular weight excluding hydrogens is 182 g/mol. The quantitative estimate of drug-likeness (QED) is 0.449. The van der Waals surface area contributed by atoms with Crippen molar-refractivity contribution >= 4 is 12.4 Å². The summed E-state index contributed by atoms with van der Waals surface area (Å²) in [5.74, 6) is 0. The van der Waals surface area contributed by atoms with Crippen LogP contribution in [0.25, 0.3) is 0 Å². The van der Waals surface area contributed by atoms with E-state index in [1.807, 2.05) is 6.92 Å². The first-order chi connectivity index (χ1) is 5.24. The minimum absolute atomic E-state index is 0. The van der Waals surface area contributed by atoms with Crippen LogP contribution in [0, 0.1) is 0 Å². The van der Waals surface area contributed by atoms with Crippen molar-refractivity contribution in [3.8, 4) is 0 Å². The smallest absolute Gasteiger partial charge is 0.0881 e. The second-order valence-corrected chi connectivity index (χ2v) is 2.68. The molecule has 0 rings (SSSR count). The van der Waals surface area contributed by atoms with E-state index in [0.717, 1.165) is 6.42 Å². The molecule has 0 unspecified atom stereocenters. The molecule has 0 saturated carbocycles. The third-order valence-electron chi connectivity index (χ3n) is 1.66. The zero-order valence-corrected chi connectivity index (χ0v) is 8.10. The molecule has 0 aromatic carbocycles. The molecule has 0 aliphatic carbocycles. The minimum atomic E-state index is -0.907. The van der Waals surface area contributed by atoms with Gasteiger partial charge in [-0.15, -0.1) is 12.4 Å². The van der Waals surface area contributed by atoms with Gasteiger partial charge in [0.1, 0.15) is 0 Å². The van der Waals surface area contributed by atoms with Gasteiger partial charge in [-0.2, -0.15) is 0 Å². The van der Waals surface area contributed by atoms with Gasteiger partial charge in [0.2, 0.25) is 0 Å². The molecule has 0 fully saturated rings. The average molecular weight is 200 g/mol. The molecule has 0 spiro atoms. The van der Waals surface area contributed by atoms with Crippen LogP contribution in [-0.4, -0.2) is 47.2 Å². The number of rotatable bonds is 6. The van der Waals surface area contributed by atoms with E-state index >= 15 is 0 Å². The topological polar surface area (TPSA) is 72.7 Å². The molecule has 0 radical (unpaired) electrons. The van der Waals surface area contributed by atoms with Crippen LogP contribution >= 0.6 is 12.4 Å². The molecule has 76 valence electrons. The summed E-state index contributed by atoms with van der Waals surface area (Å²) in [4.78, 5) is 0. The van der Waals surface area contributed by atoms with Crippen LogP contribution in [0.3, 0.4) is 0 Å². The summed E-state index contributed by atoms with van der Waals surface area (Å²) in [6.07, 6.45) is 0.905. The van der Waals surface area contributed by atoms with Crippen LogP contribution in [0.2, 0.25) is 0 Å². The Bertz CT molecular complexity index is 90.4. The van der Waals surface area contributed by atoms with Crippen LogP contribution in [0.4, 0.5) is 0 Å². The van der Waals surface area contributed by atoms with Crippen molar-refractivity contribution in [1.82, 2.24) is 5.32 Å². The Balaban J connectivity index is 0. The van der Waals surface area contributed by atoms with E-state index in [4.69, 9.17) is 15.3 Å². The van der Waals surface area contributed by atoms with Gasteiger partial charge in [-0.25, -0.2) is 0 Å². The van der Waals surface area contributed by atoms with Crippen molar-refractivity contribution in [1.29, 1.82) is 0 Å². The van der Waals surface area contributed by atoms with Gasteiger partial charge in [0.15, 0.2) is 0 Å². The first-order valence-corrected chi connectivity index (χ1v) is 3.82. The van der Waals surface area contributed by atoms with Crippen LogP contribution < -0.4 is 5.32 Å². The molecule has 4 N–H and O–H groups in total. The fourth-order valence-corrected chi connectivity index (χ4v) is 0.708. The van der Waals surface area contributed by atoms with Crippen molar-refractivity contribution < 1.29 is 15.3 Å². The van der Waals surface area contributed by atoms with E-state index in [1.165, 1.54) is 0 Å². The van der Waals surface area contributed by atoms with Crippen molar-refractivity contribution in [3.63, 3.8) is 0 Å². The first kappa shape index (κ1) is 14.6. The Hall–Kier alpha value is 0.130. The van der Waals surface area contributed by atoms with Gasteiger partial charge in [-0.05, 0) is 13.0 Å². The van der Waals surface area contributed by atoms with Crippen molar-refractivity contribution in [2.75, 3.05) is 26.4 Å². The second-order valence-electron chi connectivity index (χ2n) is 2.68. The molecule has 0 aromatic heterocycles. The Kier molecular flexibility index (Phi) is 9.47. The van der Waals surface area contributed by atoms with Crippen molar-refractivity contribution in [2.45, 2.75) is 18.9 Å². The maximum atomic E-state index is 8.82. The van der Waals surface area contributed by atoms with Crippen molar-refractivity contribution in [2.24, 2.45) is 0 Å². The van der Waals surface area contributed by atoms with E-state index in [9.17, 15) is 0 Å². The van der Waals surface area contributed by atoms with E-state index in [1.54, 1.807) is 0 Å². The zero-order chi connectivity index (χ0) is 8.74. The fraction of sp³-hybridized carbons (Fsp3) is 1.00. The van der Waals surface area contributed by atoms with Crippen LogP contribution in [0.1, 0.15) is 13.3 Å². The SMILES string of the molecule is CCCNC(CO)(CO)CO.Cl. The Morgan fingerprint density at radius 3 is 1.75 bits per heavy atom. The Morgan fingerprint density at radius 2 is 1.50 bits per heavy atom. The van der Waals surface area contributed by atoms with Gasteiger partial charge in [0.05, 0.1) is 25.4 Å². The van der Waals surface area contributed by atoms with E-state index < -0.39 is 5.54 Å². The number of nitrogens with one attached hydrogen (secondary N) is 1. The molecule has 5 heteroatoms. The summed E-state index contributed by atoms with van der Waals surface area (Å²) in [5, 5.41) is 29.3. The van der Waals surface area contributed by atoms with Gasteiger partial charge in [-0.3, -0.25) is 0 Å². The molecule has 0 aromatic rings. The molecule has 0 amide bonds. The lowest BCUT2D eigenvalue weighted by molar-refractivity contribution is 0.0429. The maximum absolute atomic E-state index is 8.82. The number of aliphatic hydroxyl groups is 3. The number of aliphatic hydroxyl groups excluding tert-OH is 3. The number of halogens is 1. The van der Waals surface area contributed by atoms with Crippen LogP contribution in [-0.2, 0) is 0 Å². The molecule has 4 nitrogen and oxygen atoms in total. The normalized spacial score (nSPS) is 11.0. The van der Waals surface area contributed by atoms with Gasteiger partial charge in [-0.1, -0.05) is 6.92 Å². The fourth-order valence-electron chi connectivity index (χ4n) is 0.708. The maximum Gasteiger partial charge on any atom is 0.0881 e. The lowest BCUT2D eigenvalue weighted by Gasteiger charge is -2.28. The predicted octanol–water partition coefficient (Wildman–Crippen LogP) is -0.877. The second kappa shape index (κ2) is 7.76. The molecule has 0 aliphatic heterocycles. The zero-order valence-electron chi connectivity index (χ0n) is 7.29. The van der Waals surface area contributed by atoms with E-state index in [2.05, 4.69) is 5.32 Å². The van der Waals surface area contributed by atoms with E-state index in [0.29, 0.717) is 6.54 Å². The average Bonchev–Trinajstić information content (AvgIpc) is 2.08. The molecule has 0 saturated heterocycles. The molecule has 0 bridgehead atoms. The van der Waals surface area contributed by atoms with Gasteiger partial charge in [0.25, 0.3) is 0 Å². The van der Waals surface area contributed by atoms with Gasteiger partial charge in [0, 0.05) is 0 Å². The summed E-state index contributed by atoms with van der Waals surface area (Å²) in [5.41, 5.74) is -0.907. The van der Waals surface area contributed by atoms with Gasteiger partial charge >= 0.3 is 0 Å².